The summed E-state index contributed by atoms with van der Waals surface area (Å²) in [6.45, 7) is 18.8. The van der Waals surface area contributed by atoms with E-state index in [0.29, 0.717) is 13.2 Å². The SMILES string of the molecule is CCCCCCOC(=O)[Si](C(=O)OCCCCCC)(c1ccc([Si](C)(C)C)cc1)c1ccc([Si](C)(C)C)cc1. The number of benzene rings is 2. The number of rotatable bonds is 16. The quantitative estimate of drug-likeness (QED) is 0.158. The summed E-state index contributed by atoms with van der Waals surface area (Å²) in [5, 5.41) is 4.10. The second kappa shape index (κ2) is 15.1. The fraction of sp³-hybridized carbons (Fsp3) is 0.562. The van der Waals surface area contributed by atoms with Crippen molar-refractivity contribution in [2.24, 2.45) is 0 Å². The zero-order chi connectivity index (χ0) is 29.1. The second-order valence-corrected chi connectivity index (χ2v) is 26.4. The van der Waals surface area contributed by atoms with E-state index in [0.717, 1.165) is 61.7 Å². The van der Waals surface area contributed by atoms with E-state index in [4.69, 9.17) is 9.47 Å². The van der Waals surface area contributed by atoms with Crippen molar-refractivity contribution in [3.05, 3.63) is 48.5 Å². The minimum Gasteiger partial charge on any atom is -0.469 e. The van der Waals surface area contributed by atoms with Crippen LogP contribution in [0.25, 0.3) is 0 Å². The van der Waals surface area contributed by atoms with Gasteiger partial charge in [-0.2, -0.15) is 0 Å². The van der Waals surface area contributed by atoms with Gasteiger partial charge in [0.15, 0.2) is 0 Å². The standard InChI is InChI=1S/C32H52O4Si3/c1-9-11-13-15-25-35-31(33)39(32(34)36-26-16-14-12-10-2,29-21-17-27(18-22-29)37(3,4)5)30-23-19-28(20-24-30)38(6,7)8/h17-24H,9-16,25-26H2,1-8H3. The summed E-state index contributed by atoms with van der Waals surface area (Å²) >= 11 is 0. The molecule has 0 unspecified atom stereocenters. The molecule has 2 aromatic carbocycles. The van der Waals surface area contributed by atoms with Crippen molar-refractivity contribution in [1.29, 1.82) is 0 Å². The van der Waals surface area contributed by atoms with Crippen molar-refractivity contribution in [2.75, 3.05) is 13.2 Å². The molecule has 0 radical (unpaired) electrons. The maximum Gasteiger partial charge on any atom is 0.370 e. The first-order valence-electron chi connectivity index (χ1n) is 15.0. The topological polar surface area (TPSA) is 52.6 Å². The maximum absolute atomic E-state index is 14.2. The highest BCUT2D eigenvalue weighted by molar-refractivity contribution is 7.37. The van der Waals surface area contributed by atoms with Crippen molar-refractivity contribution >= 4 is 56.2 Å². The summed E-state index contributed by atoms with van der Waals surface area (Å²) in [4.78, 5) is 28.4. The lowest BCUT2D eigenvalue weighted by Crippen LogP contribution is -2.71. The number of carbonyl (C=O) groups is 2. The van der Waals surface area contributed by atoms with E-state index >= 15 is 0 Å². The number of unbranched alkanes of at least 4 members (excludes halogenated alkanes) is 6. The van der Waals surface area contributed by atoms with E-state index in [1.54, 1.807) is 0 Å². The van der Waals surface area contributed by atoms with Gasteiger partial charge in [-0.3, -0.25) is 9.59 Å². The van der Waals surface area contributed by atoms with E-state index in [1.807, 2.05) is 24.3 Å². The van der Waals surface area contributed by atoms with Gasteiger partial charge in [-0.25, -0.2) is 0 Å². The lowest BCUT2D eigenvalue weighted by Gasteiger charge is -2.29. The van der Waals surface area contributed by atoms with Crippen LogP contribution in [-0.2, 0) is 9.47 Å². The van der Waals surface area contributed by atoms with Crippen LogP contribution in [0.4, 0.5) is 9.59 Å². The van der Waals surface area contributed by atoms with E-state index in [1.165, 1.54) is 10.4 Å². The van der Waals surface area contributed by atoms with Gasteiger partial charge in [0.2, 0.25) is 0 Å². The van der Waals surface area contributed by atoms with E-state index in [-0.39, 0.29) is 0 Å². The summed E-state index contributed by atoms with van der Waals surface area (Å²) < 4.78 is 11.9. The molecule has 2 aromatic rings. The van der Waals surface area contributed by atoms with Gasteiger partial charge in [0.25, 0.3) is 11.2 Å². The van der Waals surface area contributed by atoms with Gasteiger partial charge in [0, 0.05) is 0 Å². The Labute approximate surface area is 240 Å². The third-order valence-corrected chi connectivity index (χ3v) is 15.5. The zero-order valence-electron chi connectivity index (χ0n) is 25.8. The molecule has 0 aromatic heterocycles. The molecule has 0 aliphatic carbocycles. The first kappa shape index (κ1) is 33.2. The molecule has 0 amide bonds. The fourth-order valence-electron chi connectivity index (χ4n) is 4.77. The fourth-order valence-corrected chi connectivity index (χ4v) is 10.5. The van der Waals surface area contributed by atoms with Crippen LogP contribution in [0.2, 0.25) is 39.3 Å². The molecule has 0 heterocycles. The molecule has 4 nitrogen and oxygen atoms in total. The monoisotopic (exact) mass is 584 g/mol. The van der Waals surface area contributed by atoms with Gasteiger partial charge in [-0.05, 0) is 23.2 Å². The Kier molecular flexibility index (Phi) is 12.9. The molecule has 0 fully saturated rings. The van der Waals surface area contributed by atoms with Gasteiger partial charge in [0.1, 0.15) is 0 Å². The van der Waals surface area contributed by atoms with Crippen molar-refractivity contribution in [2.45, 2.75) is 104 Å². The normalized spacial score (nSPS) is 12.3. The Morgan fingerprint density at radius 3 is 1.10 bits per heavy atom. The van der Waals surface area contributed by atoms with Crippen LogP contribution in [0, 0.1) is 0 Å². The van der Waals surface area contributed by atoms with Crippen molar-refractivity contribution in [3.63, 3.8) is 0 Å². The number of hydrogen-bond donors (Lipinski definition) is 0. The highest BCUT2D eigenvalue weighted by atomic mass is 28.3. The van der Waals surface area contributed by atoms with Crippen molar-refractivity contribution < 1.29 is 19.1 Å². The molecule has 2 rings (SSSR count). The minimum atomic E-state index is -3.75. The predicted octanol–water partition coefficient (Wildman–Crippen LogP) is 6.94. The molecule has 216 valence electrons. The Bertz CT molecular complexity index is 950. The Morgan fingerprint density at radius 1 is 0.513 bits per heavy atom. The second-order valence-electron chi connectivity index (χ2n) is 12.8. The number of hydrogen-bond acceptors (Lipinski definition) is 4. The largest absolute Gasteiger partial charge is 0.469 e. The third-order valence-electron chi connectivity index (χ3n) is 7.44. The Morgan fingerprint density at radius 2 is 0.821 bits per heavy atom. The Hall–Kier alpha value is -1.97. The molecule has 0 bridgehead atoms. The molecule has 39 heavy (non-hydrogen) atoms. The highest BCUT2D eigenvalue weighted by Gasteiger charge is 2.57. The molecule has 0 aliphatic rings. The summed E-state index contributed by atoms with van der Waals surface area (Å²) in [6, 6.07) is 16.5. The van der Waals surface area contributed by atoms with Gasteiger partial charge in [-0.15, -0.1) is 0 Å². The van der Waals surface area contributed by atoms with Crippen LogP contribution < -0.4 is 20.7 Å². The van der Waals surface area contributed by atoms with Crippen molar-refractivity contribution in [1.82, 2.24) is 0 Å². The molecule has 0 atom stereocenters. The molecule has 0 saturated heterocycles. The zero-order valence-corrected chi connectivity index (χ0v) is 28.8. The van der Waals surface area contributed by atoms with Gasteiger partial charge >= 0.3 is 8.07 Å². The van der Waals surface area contributed by atoms with Crippen LogP contribution in [0.3, 0.4) is 0 Å². The van der Waals surface area contributed by atoms with Gasteiger partial charge in [0.05, 0.1) is 29.4 Å². The average molecular weight is 585 g/mol. The lowest BCUT2D eigenvalue weighted by molar-refractivity contribution is 0.159. The van der Waals surface area contributed by atoms with Gasteiger partial charge in [-0.1, -0.05) is 151 Å². The number of ether oxygens (including phenoxy) is 2. The molecule has 0 saturated carbocycles. The minimum absolute atomic E-state index is 0.331. The molecule has 0 spiro atoms. The van der Waals surface area contributed by atoms with Crippen LogP contribution in [0.1, 0.15) is 65.2 Å². The van der Waals surface area contributed by atoms with Crippen LogP contribution >= 0.6 is 0 Å². The Balaban J connectivity index is 2.62. The smallest absolute Gasteiger partial charge is 0.370 e. The highest BCUT2D eigenvalue weighted by Crippen LogP contribution is 2.16. The maximum atomic E-state index is 14.2. The average Bonchev–Trinajstić information content (AvgIpc) is 2.88. The van der Waals surface area contributed by atoms with E-state index < -0.39 is 35.4 Å². The first-order chi connectivity index (χ1) is 18.4. The first-order valence-corrected chi connectivity index (χ1v) is 24.0. The summed E-state index contributed by atoms with van der Waals surface area (Å²) in [5.41, 5.74) is -0.807. The molecule has 0 aliphatic heterocycles. The lowest BCUT2D eigenvalue weighted by atomic mass is 10.2. The van der Waals surface area contributed by atoms with Crippen molar-refractivity contribution in [3.8, 4) is 0 Å². The van der Waals surface area contributed by atoms with Crippen LogP contribution in [0.5, 0.6) is 0 Å². The summed E-state index contributed by atoms with van der Waals surface area (Å²) in [6.07, 6.45) is 8.07. The van der Waals surface area contributed by atoms with Crippen LogP contribution in [-0.4, -0.2) is 48.6 Å². The van der Waals surface area contributed by atoms with E-state index in [9.17, 15) is 9.59 Å². The molecular formula is C32H52O4Si3. The third kappa shape index (κ3) is 9.02. The molecule has 7 heteroatoms. The predicted molar refractivity (Wildman–Crippen MR) is 175 cm³/mol. The van der Waals surface area contributed by atoms with Crippen LogP contribution in [0.15, 0.2) is 48.5 Å². The molecular weight excluding hydrogens is 533 g/mol. The number of carbonyl (C=O) groups excluding carboxylic acids is 2. The molecule has 0 N–H and O–H groups in total. The van der Waals surface area contributed by atoms with Gasteiger partial charge < -0.3 is 9.47 Å². The van der Waals surface area contributed by atoms with E-state index in [2.05, 4.69) is 77.4 Å². The summed E-state index contributed by atoms with van der Waals surface area (Å²) in [5.74, 6) is 0. The summed E-state index contributed by atoms with van der Waals surface area (Å²) in [7, 11) is -6.86.